The lowest BCUT2D eigenvalue weighted by atomic mass is 10.4. The van der Waals surface area contributed by atoms with Gasteiger partial charge in [-0.25, -0.2) is 0 Å². The van der Waals surface area contributed by atoms with E-state index >= 15 is 0 Å². The summed E-state index contributed by atoms with van der Waals surface area (Å²) in [4.78, 5) is 0. The summed E-state index contributed by atoms with van der Waals surface area (Å²) >= 11 is 0. The standard InChI is InChI=1S/C8H15NO/c1-3-6-9-7-5-8-10-4-2/h1,9H,4-8H2,2H3/p+1. The Kier molecular flexibility index (Phi) is 8.04. The molecule has 0 unspecified atom stereocenters. The Hall–Kier alpha value is -0.520. The molecule has 0 aromatic rings. The summed E-state index contributed by atoms with van der Waals surface area (Å²) in [7, 11) is 0. The normalized spacial score (nSPS) is 9.20. The van der Waals surface area contributed by atoms with E-state index in [1.165, 1.54) is 0 Å². The van der Waals surface area contributed by atoms with Crippen molar-refractivity contribution in [2.24, 2.45) is 0 Å². The SMILES string of the molecule is C#CC[NH2+]CCCOCC. The molecule has 0 aliphatic rings. The van der Waals surface area contributed by atoms with E-state index in [0.29, 0.717) is 0 Å². The Bertz CT molecular complexity index is 95.9. The molecular formula is C8H16NO+. The van der Waals surface area contributed by atoms with Crippen LogP contribution in [0, 0.1) is 12.3 Å². The molecule has 0 saturated carbocycles. The van der Waals surface area contributed by atoms with Crippen LogP contribution in [0.15, 0.2) is 0 Å². The zero-order chi connectivity index (χ0) is 7.66. The third-order valence-electron chi connectivity index (χ3n) is 1.16. The summed E-state index contributed by atoms with van der Waals surface area (Å²) in [6.07, 6.45) is 6.15. The van der Waals surface area contributed by atoms with Crippen LogP contribution in [0.25, 0.3) is 0 Å². The number of quaternary nitrogens is 1. The van der Waals surface area contributed by atoms with E-state index in [1.807, 2.05) is 6.92 Å². The van der Waals surface area contributed by atoms with Crippen molar-refractivity contribution in [3.05, 3.63) is 0 Å². The molecular weight excluding hydrogens is 126 g/mol. The summed E-state index contributed by atoms with van der Waals surface area (Å²) in [5.74, 6) is 2.56. The van der Waals surface area contributed by atoms with Gasteiger partial charge in [-0.15, -0.1) is 6.42 Å². The molecule has 0 aliphatic carbocycles. The van der Waals surface area contributed by atoms with E-state index in [9.17, 15) is 0 Å². The van der Waals surface area contributed by atoms with Gasteiger partial charge in [0.2, 0.25) is 0 Å². The fourth-order valence-electron chi connectivity index (χ4n) is 0.659. The Labute approximate surface area is 63.0 Å². The zero-order valence-electron chi connectivity index (χ0n) is 6.60. The van der Waals surface area contributed by atoms with Gasteiger partial charge in [0.1, 0.15) is 6.54 Å². The molecule has 0 heterocycles. The van der Waals surface area contributed by atoms with Crippen molar-refractivity contribution >= 4 is 0 Å². The second-order valence-corrected chi connectivity index (χ2v) is 2.04. The predicted molar refractivity (Wildman–Crippen MR) is 41.6 cm³/mol. The number of hydrogen-bond acceptors (Lipinski definition) is 1. The molecule has 0 saturated heterocycles. The van der Waals surface area contributed by atoms with Gasteiger partial charge in [-0.3, -0.25) is 0 Å². The van der Waals surface area contributed by atoms with Crippen molar-refractivity contribution in [2.45, 2.75) is 13.3 Å². The van der Waals surface area contributed by atoms with E-state index in [0.717, 1.165) is 32.7 Å². The first kappa shape index (κ1) is 9.48. The van der Waals surface area contributed by atoms with E-state index in [2.05, 4.69) is 11.2 Å². The van der Waals surface area contributed by atoms with Crippen LogP contribution in [-0.2, 0) is 4.74 Å². The van der Waals surface area contributed by atoms with Crippen molar-refractivity contribution in [3.63, 3.8) is 0 Å². The van der Waals surface area contributed by atoms with Crippen LogP contribution < -0.4 is 5.32 Å². The highest BCUT2D eigenvalue weighted by Crippen LogP contribution is 1.75. The molecule has 0 aliphatic heterocycles. The largest absolute Gasteiger partial charge is 0.382 e. The number of rotatable bonds is 6. The average Bonchev–Trinajstić information content (AvgIpc) is 1.97. The fourth-order valence-corrected chi connectivity index (χ4v) is 0.659. The molecule has 0 fully saturated rings. The minimum atomic E-state index is 0.784. The Balaban J connectivity index is 2.72. The molecule has 2 N–H and O–H groups in total. The zero-order valence-corrected chi connectivity index (χ0v) is 6.60. The molecule has 2 nitrogen and oxygen atoms in total. The quantitative estimate of drug-likeness (QED) is 0.396. The van der Waals surface area contributed by atoms with Crippen molar-refractivity contribution < 1.29 is 10.1 Å². The Morgan fingerprint density at radius 3 is 3.00 bits per heavy atom. The highest BCUT2D eigenvalue weighted by molar-refractivity contribution is 4.81. The maximum Gasteiger partial charge on any atom is 0.137 e. The summed E-state index contributed by atoms with van der Waals surface area (Å²) < 4.78 is 5.14. The van der Waals surface area contributed by atoms with Crippen molar-refractivity contribution in [1.82, 2.24) is 0 Å². The van der Waals surface area contributed by atoms with Gasteiger partial charge in [0.25, 0.3) is 0 Å². The number of hydrogen-bond donors (Lipinski definition) is 1. The molecule has 0 bridgehead atoms. The maximum atomic E-state index is 5.14. The molecule has 0 radical (unpaired) electrons. The van der Waals surface area contributed by atoms with Crippen LogP contribution in [0.5, 0.6) is 0 Å². The maximum absolute atomic E-state index is 5.14. The molecule has 0 aromatic heterocycles. The molecule has 0 amide bonds. The minimum Gasteiger partial charge on any atom is -0.382 e. The van der Waals surface area contributed by atoms with E-state index in [-0.39, 0.29) is 0 Å². The summed E-state index contributed by atoms with van der Waals surface area (Å²) in [6.45, 7) is 5.54. The van der Waals surface area contributed by atoms with Crippen molar-refractivity contribution in [3.8, 4) is 12.3 Å². The fraction of sp³-hybridized carbons (Fsp3) is 0.750. The Morgan fingerprint density at radius 2 is 2.40 bits per heavy atom. The molecule has 2 heteroatoms. The summed E-state index contributed by atoms with van der Waals surface area (Å²) in [6, 6.07) is 0. The van der Waals surface area contributed by atoms with Gasteiger partial charge in [0, 0.05) is 13.0 Å². The number of terminal acetylenes is 1. The molecule has 0 spiro atoms. The van der Waals surface area contributed by atoms with Crippen LogP contribution in [0.1, 0.15) is 13.3 Å². The van der Waals surface area contributed by atoms with Gasteiger partial charge < -0.3 is 10.1 Å². The Morgan fingerprint density at radius 1 is 1.60 bits per heavy atom. The monoisotopic (exact) mass is 142 g/mol. The highest BCUT2D eigenvalue weighted by atomic mass is 16.5. The average molecular weight is 142 g/mol. The molecule has 0 rings (SSSR count). The van der Waals surface area contributed by atoms with Crippen LogP contribution in [0.4, 0.5) is 0 Å². The van der Waals surface area contributed by atoms with Crippen molar-refractivity contribution in [1.29, 1.82) is 0 Å². The van der Waals surface area contributed by atoms with Gasteiger partial charge in [-0.1, -0.05) is 0 Å². The lowest BCUT2D eigenvalue weighted by Crippen LogP contribution is -2.84. The third-order valence-corrected chi connectivity index (χ3v) is 1.16. The predicted octanol–water partition coefficient (Wildman–Crippen LogP) is -0.390. The third kappa shape index (κ3) is 7.48. The highest BCUT2D eigenvalue weighted by Gasteiger charge is 1.87. The smallest absolute Gasteiger partial charge is 0.137 e. The van der Waals surface area contributed by atoms with Crippen LogP contribution in [-0.4, -0.2) is 26.3 Å². The molecule has 10 heavy (non-hydrogen) atoms. The van der Waals surface area contributed by atoms with Crippen molar-refractivity contribution in [2.75, 3.05) is 26.3 Å². The minimum absolute atomic E-state index is 0.784. The van der Waals surface area contributed by atoms with E-state index in [1.54, 1.807) is 0 Å². The second kappa shape index (κ2) is 8.48. The van der Waals surface area contributed by atoms with Gasteiger partial charge in [-0.2, -0.15) is 0 Å². The topological polar surface area (TPSA) is 25.8 Å². The summed E-state index contributed by atoms with van der Waals surface area (Å²) in [5.41, 5.74) is 0. The molecule has 0 atom stereocenters. The van der Waals surface area contributed by atoms with E-state index < -0.39 is 0 Å². The van der Waals surface area contributed by atoms with Gasteiger partial charge in [0.05, 0.1) is 13.2 Å². The lowest BCUT2D eigenvalue weighted by molar-refractivity contribution is -0.644. The number of ether oxygens (including phenoxy) is 1. The van der Waals surface area contributed by atoms with Gasteiger partial charge in [-0.05, 0) is 12.8 Å². The van der Waals surface area contributed by atoms with Crippen LogP contribution in [0.2, 0.25) is 0 Å². The summed E-state index contributed by atoms with van der Waals surface area (Å²) in [5, 5.41) is 2.11. The van der Waals surface area contributed by atoms with Gasteiger partial charge >= 0.3 is 0 Å². The molecule has 58 valence electrons. The molecule has 0 aromatic carbocycles. The van der Waals surface area contributed by atoms with Gasteiger partial charge in [0.15, 0.2) is 0 Å². The van der Waals surface area contributed by atoms with Crippen LogP contribution in [0.3, 0.4) is 0 Å². The first-order valence-electron chi connectivity index (χ1n) is 3.74. The van der Waals surface area contributed by atoms with E-state index in [4.69, 9.17) is 11.2 Å². The first-order valence-corrected chi connectivity index (χ1v) is 3.74. The number of nitrogens with two attached hydrogens (primary N) is 1. The van der Waals surface area contributed by atoms with Crippen LogP contribution >= 0.6 is 0 Å². The lowest BCUT2D eigenvalue weighted by Gasteiger charge is -1.98. The second-order valence-electron chi connectivity index (χ2n) is 2.04. The first-order chi connectivity index (χ1) is 4.91.